The molecule has 0 N–H and O–H groups in total. The molecule has 0 aliphatic rings. The number of alkyl halides is 2. The Morgan fingerprint density at radius 1 is 1.00 bits per heavy atom. The molecule has 0 bridgehead atoms. The van der Waals surface area contributed by atoms with Crippen molar-refractivity contribution in [2.45, 2.75) is 0 Å². The molecule has 0 nitrogen and oxygen atoms in total. The number of halogens is 2. The lowest BCUT2D eigenvalue weighted by Crippen LogP contribution is -1.63. The van der Waals surface area contributed by atoms with Gasteiger partial charge in [0.25, 0.3) is 0 Å². The van der Waals surface area contributed by atoms with Gasteiger partial charge in [0.1, 0.15) is 0 Å². The number of hydrogen-bond acceptors (Lipinski definition) is 0. The van der Waals surface area contributed by atoms with Crippen molar-refractivity contribution < 1.29 is 0 Å². The Labute approximate surface area is 35.7 Å². The summed E-state index contributed by atoms with van der Waals surface area (Å²) in [6.07, 6.45) is 0. The molecule has 4 heavy (non-hydrogen) atoms. The highest BCUT2D eigenvalue weighted by atomic mass is 37.0. The Morgan fingerprint density at radius 3 is 1.25 bits per heavy atom. The second-order valence-electron chi connectivity index (χ2n) is 0.378. The molecule has 0 spiro atoms. The smallest absolute Gasteiger partial charge is 0.0359 e. The molecule has 2 heteroatoms. The lowest BCUT2D eigenvalue weighted by Gasteiger charge is -1.63. The van der Waals surface area contributed by atoms with E-state index in [0.29, 0.717) is 11.8 Å². The van der Waals surface area contributed by atoms with Gasteiger partial charge in [-0.3, -0.25) is 0 Å². The normalized spacial score (nSPS) is 7.50. The summed E-state index contributed by atoms with van der Waals surface area (Å²) in [5.41, 5.74) is 0. The van der Waals surface area contributed by atoms with Gasteiger partial charge in [0.05, 0.1) is 0 Å². The van der Waals surface area contributed by atoms with Crippen molar-refractivity contribution in [2.75, 3.05) is 11.8 Å². The molecule has 0 radical (unpaired) electrons. The minimum Gasteiger partial charge on any atom is -0.125 e. The molecule has 0 fully saturated rings. The van der Waals surface area contributed by atoms with Crippen LogP contribution < -0.4 is 0 Å². The molecule has 0 aliphatic heterocycles. The minimum absolute atomic E-state index is 0.557. The van der Waals surface area contributed by atoms with Gasteiger partial charge in [0, 0.05) is 11.8 Å². The quantitative estimate of drug-likeness (QED) is 0.439. The lowest BCUT2D eigenvalue weighted by molar-refractivity contribution is 1.52. The maximum atomic E-state index is 5.05. The van der Waals surface area contributed by atoms with Gasteiger partial charge in [-0.1, -0.05) is 0 Å². The summed E-state index contributed by atoms with van der Waals surface area (Å²) >= 11 is 10.1. The van der Waals surface area contributed by atoms with Gasteiger partial charge in [0.2, 0.25) is 0 Å². The van der Waals surface area contributed by atoms with Crippen LogP contribution in [0.1, 0.15) is 0 Å². The van der Waals surface area contributed by atoms with Crippen molar-refractivity contribution in [2.24, 2.45) is 0 Å². The van der Waals surface area contributed by atoms with E-state index in [4.69, 9.17) is 23.2 Å². The van der Waals surface area contributed by atoms with Crippen LogP contribution in [0.5, 0.6) is 0 Å². The van der Waals surface area contributed by atoms with Crippen molar-refractivity contribution in [1.82, 2.24) is 0 Å². The first-order chi connectivity index (χ1) is 1.91. The third-order valence-corrected chi connectivity index (χ3v) is 0.643. The van der Waals surface area contributed by atoms with E-state index in [9.17, 15) is 0 Å². The van der Waals surface area contributed by atoms with Crippen LogP contribution in [0.4, 0.5) is 0 Å². The van der Waals surface area contributed by atoms with Gasteiger partial charge in [-0.2, -0.15) is 0 Å². The van der Waals surface area contributed by atoms with Crippen LogP contribution in [-0.2, 0) is 0 Å². The van der Waals surface area contributed by atoms with Crippen LogP contribution in [0.25, 0.3) is 0 Å². The molecule has 0 amide bonds. The van der Waals surface area contributed by atoms with E-state index in [2.05, 4.69) is 0 Å². The average molecular weight is 102 g/mol. The van der Waals surface area contributed by atoms with E-state index < -0.39 is 0 Å². The van der Waals surface area contributed by atoms with Crippen LogP contribution >= 0.6 is 23.2 Å². The van der Waals surface area contributed by atoms with Crippen molar-refractivity contribution in [1.29, 1.82) is 0 Å². The van der Waals surface area contributed by atoms with Gasteiger partial charge < -0.3 is 0 Å². The van der Waals surface area contributed by atoms with E-state index in [1.54, 1.807) is 0 Å². The highest BCUT2D eigenvalue weighted by Gasteiger charge is 1.61. The van der Waals surface area contributed by atoms with E-state index >= 15 is 0 Å². The molecule has 26 valence electrons. The van der Waals surface area contributed by atoms with Crippen molar-refractivity contribution in [3.8, 4) is 0 Å². The first-order valence-corrected chi connectivity index (χ1v) is 2.10. The van der Waals surface area contributed by atoms with Crippen LogP contribution in [0, 0.1) is 0 Å². The molecule has 0 aromatic heterocycles. The molecule has 0 unspecified atom stereocenters. The maximum Gasteiger partial charge on any atom is 0.0359 e. The van der Waals surface area contributed by atoms with Gasteiger partial charge in [0.15, 0.2) is 0 Å². The van der Waals surface area contributed by atoms with E-state index in [0.717, 1.165) is 0 Å². The van der Waals surface area contributed by atoms with Crippen molar-refractivity contribution in [3.05, 3.63) is 0 Å². The Morgan fingerprint density at radius 2 is 1.25 bits per heavy atom. The minimum atomic E-state index is 0.557. The largest absolute Gasteiger partial charge is 0.125 e. The second-order valence-corrected chi connectivity index (χ2v) is 1.13. The highest BCUT2D eigenvalue weighted by Crippen LogP contribution is 1.75. The highest BCUT2D eigenvalue weighted by molar-refractivity contribution is 6.25. The zero-order chi connectivity index (χ0) is 3.41. The summed E-state index contributed by atoms with van der Waals surface area (Å²) in [7, 11) is 0. The summed E-state index contributed by atoms with van der Waals surface area (Å²) in [4.78, 5) is 0. The molecule has 0 aromatic carbocycles. The molecule has 0 saturated carbocycles. The second kappa shape index (κ2) is 3.58. The molecule has 0 saturated heterocycles. The van der Waals surface area contributed by atoms with E-state index in [1.807, 2.05) is 0 Å². The summed E-state index contributed by atoms with van der Waals surface area (Å²) in [6, 6.07) is 0. The molecular weight excluding hydrogens is 98.0 g/mol. The average Bonchev–Trinajstić information content (AvgIpc) is 1.37. The van der Waals surface area contributed by atoms with Crippen LogP contribution in [0.2, 0.25) is 0 Å². The van der Waals surface area contributed by atoms with Gasteiger partial charge in [-0.15, -0.1) is 23.2 Å². The third-order valence-electron chi connectivity index (χ3n) is 0.0714. The third kappa shape index (κ3) is 2.58. The Balaban J connectivity index is 1.97. The fraction of sp³-hybridized carbons (Fsp3) is 1.00. The first-order valence-electron chi connectivity index (χ1n) is 1.03. The van der Waals surface area contributed by atoms with Crippen LogP contribution in [-0.4, -0.2) is 11.8 Å². The molecular formula is C2H4Cl2. The molecule has 0 atom stereocenters. The molecule has 0 aromatic rings. The maximum absolute atomic E-state index is 5.05. The van der Waals surface area contributed by atoms with Crippen LogP contribution in [0.15, 0.2) is 0 Å². The predicted molar refractivity (Wildman–Crippen MR) is 21.4 cm³/mol. The van der Waals surface area contributed by atoms with Crippen LogP contribution in [0.3, 0.4) is 0 Å². The van der Waals surface area contributed by atoms with Crippen molar-refractivity contribution in [3.63, 3.8) is 0 Å². The Hall–Kier alpha value is 0.580. The Bertz CT molecular complexity index is 6.00. The molecule has 0 aliphatic carbocycles. The van der Waals surface area contributed by atoms with Crippen molar-refractivity contribution >= 4 is 23.2 Å². The summed E-state index contributed by atoms with van der Waals surface area (Å²) in [5, 5.41) is 0. The first kappa shape index (κ1) is 4.58. The van der Waals surface area contributed by atoms with Gasteiger partial charge in [-0.05, 0) is 0 Å². The predicted octanol–water partition coefficient (Wildman–Crippen LogP) is 1.46. The molecule has 0 rings (SSSR count). The summed E-state index contributed by atoms with van der Waals surface area (Å²) in [6.45, 7) is 0. The van der Waals surface area contributed by atoms with E-state index in [1.165, 1.54) is 0 Å². The monoisotopic (exact) mass is 102 g/mol. The van der Waals surface area contributed by atoms with Gasteiger partial charge in [-0.25, -0.2) is 0 Å². The topological polar surface area (TPSA) is 0 Å². The lowest BCUT2D eigenvalue weighted by atomic mass is 11.0. The number of hydrogen-bond donors (Lipinski definition) is 0. The SMILES string of the molecule is [37Cl]CC[37Cl]. The van der Waals surface area contributed by atoms with E-state index in [-0.39, 0.29) is 0 Å². The summed E-state index contributed by atoms with van der Waals surface area (Å²) in [5.74, 6) is 1.11. The fourth-order valence-corrected chi connectivity index (χ4v) is 0. The zero-order valence-electron chi connectivity index (χ0n) is 2.17. The van der Waals surface area contributed by atoms with Gasteiger partial charge >= 0.3 is 0 Å². The fourth-order valence-electron chi connectivity index (χ4n) is 0. The number of rotatable bonds is 1. The standard InChI is InChI=1S/C2H4Cl2/c3-1-2-4/h1-2H2/i3+2,4+2. The zero-order valence-corrected chi connectivity index (χ0v) is 3.68. The Kier molecular flexibility index (Phi) is 4.10. The summed E-state index contributed by atoms with van der Waals surface area (Å²) < 4.78 is 0. The molecule has 0 heterocycles.